The summed E-state index contributed by atoms with van der Waals surface area (Å²) in [5.41, 5.74) is 5.71. The van der Waals surface area contributed by atoms with Gasteiger partial charge in [0, 0.05) is 6.20 Å². The van der Waals surface area contributed by atoms with Crippen molar-refractivity contribution in [1.29, 1.82) is 5.26 Å². The minimum absolute atomic E-state index is 0.558. The van der Waals surface area contributed by atoms with Crippen LogP contribution in [0, 0.1) is 18.3 Å². The highest BCUT2D eigenvalue weighted by Crippen LogP contribution is 2.35. The number of aromatic nitrogens is 3. The summed E-state index contributed by atoms with van der Waals surface area (Å²) in [6.45, 7) is 2.57. The predicted octanol–water partition coefficient (Wildman–Crippen LogP) is 6.52. The lowest BCUT2D eigenvalue weighted by atomic mass is 9.99. The number of benzene rings is 1. The molecule has 0 spiro atoms. The number of pyridine rings is 1. The van der Waals surface area contributed by atoms with E-state index in [9.17, 15) is 0 Å². The first-order chi connectivity index (χ1) is 14.0. The van der Waals surface area contributed by atoms with Crippen LogP contribution in [-0.4, -0.2) is 15.2 Å². The Labute approximate surface area is 189 Å². The molecule has 144 valence electrons. The summed E-state index contributed by atoms with van der Waals surface area (Å²) in [5.74, 6) is 0.771. The summed E-state index contributed by atoms with van der Waals surface area (Å²) in [4.78, 5) is 5.51. The highest BCUT2D eigenvalue weighted by molar-refractivity contribution is 9.11. The number of hydrogen-bond donors (Lipinski definition) is 2. The largest absolute Gasteiger partial charge is 0.364 e. The minimum atomic E-state index is 0.558. The number of thiophene rings is 1. The number of aryl methyl sites for hydroxylation is 1. The Balaban J connectivity index is 1.52. The number of aromatic amines is 1. The van der Waals surface area contributed by atoms with Crippen molar-refractivity contribution in [2.24, 2.45) is 0 Å². The van der Waals surface area contributed by atoms with Gasteiger partial charge in [-0.15, -0.1) is 11.3 Å². The molecule has 0 aliphatic rings. The fourth-order valence-corrected chi connectivity index (χ4v) is 5.06. The Kier molecular flexibility index (Phi) is 5.81. The Morgan fingerprint density at radius 2 is 2.03 bits per heavy atom. The van der Waals surface area contributed by atoms with Gasteiger partial charge in [-0.1, -0.05) is 6.07 Å². The zero-order valence-corrected chi connectivity index (χ0v) is 19.3. The van der Waals surface area contributed by atoms with Crippen LogP contribution < -0.4 is 5.32 Å². The Hall–Kier alpha value is -2.47. The molecule has 0 amide bonds. The molecule has 4 rings (SSSR count). The Bertz CT molecular complexity index is 1220. The lowest BCUT2D eigenvalue weighted by Crippen LogP contribution is -2.02. The zero-order chi connectivity index (χ0) is 20.4. The van der Waals surface area contributed by atoms with E-state index in [0.29, 0.717) is 12.1 Å². The van der Waals surface area contributed by atoms with E-state index < -0.39 is 0 Å². The van der Waals surface area contributed by atoms with Gasteiger partial charge in [-0.05, 0) is 91.9 Å². The van der Waals surface area contributed by atoms with Crippen molar-refractivity contribution in [2.75, 3.05) is 5.32 Å². The molecule has 3 heterocycles. The molecule has 1 aromatic carbocycles. The summed E-state index contributed by atoms with van der Waals surface area (Å²) in [5, 5.41) is 19.9. The van der Waals surface area contributed by atoms with Crippen LogP contribution in [-0.2, 0) is 6.54 Å². The zero-order valence-electron chi connectivity index (χ0n) is 15.3. The van der Waals surface area contributed by atoms with Gasteiger partial charge < -0.3 is 5.32 Å². The number of rotatable bonds is 5. The molecule has 0 bridgehead atoms. The van der Waals surface area contributed by atoms with E-state index in [2.05, 4.69) is 58.4 Å². The highest BCUT2D eigenvalue weighted by Gasteiger charge is 2.14. The second-order valence-corrected chi connectivity index (χ2v) is 9.65. The summed E-state index contributed by atoms with van der Waals surface area (Å²) in [6, 6.07) is 15.9. The van der Waals surface area contributed by atoms with E-state index in [1.54, 1.807) is 17.5 Å². The smallest absolute Gasteiger partial charge is 0.126 e. The van der Waals surface area contributed by atoms with Crippen molar-refractivity contribution in [1.82, 2.24) is 15.2 Å². The van der Waals surface area contributed by atoms with Crippen LogP contribution in [0.15, 0.2) is 56.9 Å². The van der Waals surface area contributed by atoms with Gasteiger partial charge in [-0.2, -0.15) is 10.4 Å². The summed E-state index contributed by atoms with van der Waals surface area (Å²) < 4.78 is 2.01. The van der Waals surface area contributed by atoms with Crippen LogP contribution in [0.3, 0.4) is 0 Å². The van der Waals surface area contributed by atoms with Crippen LogP contribution >= 0.6 is 43.2 Å². The third-order valence-corrected chi connectivity index (χ3v) is 6.94. The summed E-state index contributed by atoms with van der Waals surface area (Å²) >= 11 is 8.78. The third kappa shape index (κ3) is 4.27. The summed E-state index contributed by atoms with van der Waals surface area (Å²) in [6.07, 6.45) is 1.78. The van der Waals surface area contributed by atoms with Crippen molar-refractivity contribution in [3.8, 4) is 27.8 Å². The maximum atomic E-state index is 9.06. The van der Waals surface area contributed by atoms with Crippen LogP contribution in [0.5, 0.6) is 0 Å². The molecular formula is C21H15Br2N5S. The van der Waals surface area contributed by atoms with E-state index >= 15 is 0 Å². The fraction of sp³-hybridized carbons (Fsp3) is 0.0952. The highest BCUT2D eigenvalue weighted by atomic mass is 79.9. The van der Waals surface area contributed by atoms with Gasteiger partial charge in [0.2, 0.25) is 0 Å². The molecule has 3 aromatic heterocycles. The van der Waals surface area contributed by atoms with Gasteiger partial charge in [-0.3, -0.25) is 5.10 Å². The topological polar surface area (TPSA) is 77.4 Å². The van der Waals surface area contributed by atoms with Crippen molar-refractivity contribution >= 4 is 49.0 Å². The molecule has 0 aliphatic heterocycles. The Morgan fingerprint density at radius 3 is 2.76 bits per heavy atom. The van der Waals surface area contributed by atoms with Crippen LogP contribution in [0.25, 0.3) is 21.7 Å². The fourth-order valence-electron chi connectivity index (χ4n) is 3.02. The van der Waals surface area contributed by atoms with Crippen molar-refractivity contribution in [2.45, 2.75) is 13.5 Å². The first-order valence-corrected chi connectivity index (χ1v) is 11.1. The van der Waals surface area contributed by atoms with Crippen LogP contribution in [0.4, 0.5) is 5.82 Å². The summed E-state index contributed by atoms with van der Waals surface area (Å²) in [7, 11) is 0. The number of halogens is 2. The standard InChI is InChI=1S/C21H15Br2N5S/c1-12-8-13(10-24)2-3-15(12)14-6-7-25-19(9-14)26-11-16-20(23)21(28-27-16)17-4-5-18(22)29-17/h2-9H,11H2,1H3,(H,25,26)(H,27,28). The van der Waals surface area contributed by atoms with Gasteiger partial charge in [-0.25, -0.2) is 4.98 Å². The van der Waals surface area contributed by atoms with Gasteiger partial charge in [0.25, 0.3) is 0 Å². The molecule has 0 unspecified atom stereocenters. The van der Waals surface area contributed by atoms with Crippen molar-refractivity contribution < 1.29 is 0 Å². The molecule has 0 atom stereocenters. The van der Waals surface area contributed by atoms with Gasteiger partial charge in [0.05, 0.1) is 37.0 Å². The van der Waals surface area contributed by atoms with E-state index in [4.69, 9.17) is 5.26 Å². The number of nitrogens with zero attached hydrogens (tertiary/aromatic N) is 3. The maximum absolute atomic E-state index is 9.06. The lowest BCUT2D eigenvalue weighted by Gasteiger charge is -2.09. The predicted molar refractivity (Wildman–Crippen MR) is 124 cm³/mol. The van der Waals surface area contributed by atoms with Gasteiger partial charge in [0.1, 0.15) is 11.5 Å². The van der Waals surface area contributed by atoms with E-state index in [0.717, 1.165) is 47.0 Å². The van der Waals surface area contributed by atoms with Gasteiger partial charge >= 0.3 is 0 Å². The molecule has 5 nitrogen and oxygen atoms in total. The van der Waals surface area contributed by atoms with E-state index in [-0.39, 0.29) is 0 Å². The first kappa shape index (κ1) is 19.8. The second-order valence-electron chi connectivity index (χ2n) is 6.39. The first-order valence-electron chi connectivity index (χ1n) is 8.74. The normalized spacial score (nSPS) is 10.7. The van der Waals surface area contributed by atoms with Crippen molar-refractivity contribution in [3.05, 3.63) is 73.7 Å². The molecule has 0 radical (unpaired) electrons. The number of hydrogen-bond acceptors (Lipinski definition) is 5. The average Bonchev–Trinajstić information content (AvgIpc) is 3.31. The number of nitriles is 1. The average molecular weight is 529 g/mol. The monoisotopic (exact) mass is 527 g/mol. The van der Waals surface area contributed by atoms with E-state index in [1.807, 2.05) is 49.4 Å². The molecule has 2 N–H and O–H groups in total. The van der Waals surface area contributed by atoms with Crippen molar-refractivity contribution in [3.63, 3.8) is 0 Å². The van der Waals surface area contributed by atoms with Gasteiger partial charge in [0.15, 0.2) is 0 Å². The molecule has 0 aliphatic carbocycles. The number of nitrogens with one attached hydrogen (secondary N) is 2. The molecule has 4 aromatic rings. The quantitative estimate of drug-likeness (QED) is 0.309. The molecule has 8 heteroatoms. The minimum Gasteiger partial charge on any atom is -0.364 e. The third-order valence-electron chi connectivity index (χ3n) is 4.45. The molecular weight excluding hydrogens is 514 g/mol. The molecule has 0 saturated heterocycles. The molecule has 0 saturated carbocycles. The molecule has 0 fully saturated rings. The number of H-pyrrole nitrogens is 1. The van der Waals surface area contributed by atoms with Crippen LogP contribution in [0.1, 0.15) is 16.8 Å². The van der Waals surface area contributed by atoms with Crippen LogP contribution in [0.2, 0.25) is 0 Å². The second kappa shape index (κ2) is 8.49. The Morgan fingerprint density at radius 1 is 1.17 bits per heavy atom. The lowest BCUT2D eigenvalue weighted by molar-refractivity contribution is 0.973. The van der Waals surface area contributed by atoms with E-state index in [1.165, 1.54) is 0 Å². The SMILES string of the molecule is Cc1cc(C#N)ccc1-c1ccnc(NCc2[nH]nc(-c3ccc(Br)s3)c2Br)c1. The molecule has 29 heavy (non-hydrogen) atoms. The maximum Gasteiger partial charge on any atom is 0.126 e. The number of anilines is 1.